The van der Waals surface area contributed by atoms with Gasteiger partial charge in [-0.2, -0.15) is 0 Å². The molecule has 68 valence electrons. The fourth-order valence-corrected chi connectivity index (χ4v) is 1.97. The van der Waals surface area contributed by atoms with E-state index in [1.807, 2.05) is 0 Å². The molecule has 13 heavy (non-hydrogen) atoms. The average Bonchev–Trinajstić information content (AvgIpc) is 2.52. The molecule has 0 amide bonds. The van der Waals surface area contributed by atoms with E-state index in [4.69, 9.17) is 0 Å². The molecule has 0 aliphatic heterocycles. The Morgan fingerprint density at radius 2 is 2.31 bits per heavy atom. The Morgan fingerprint density at radius 3 is 3.00 bits per heavy atom. The number of rotatable bonds is 1. The molecule has 1 aromatic heterocycles. The second-order valence-electron chi connectivity index (χ2n) is 2.85. The molecule has 1 N–H and O–H groups in total. The van der Waals surface area contributed by atoms with Crippen LogP contribution in [0.4, 0.5) is 4.39 Å². The van der Waals surface area contributed by atoms with Crippen LogP contribution in [0.25, 0.3) is 10.2 Å². The summed E-state index contributed by atoms with van der Waals surface area (Å²) in [5.41, 5.74) is 2.57. The molecule has 2 rings (SSSR count). The van der Waals surface area contributed by atoms with Gasteiger partial charge in [0.05, 0.1) is 21.8 Å². The van der Waals surface area contributed by atoms with Gasteiger partial charge in [-0.3, -0.25) is 0 Å². The van der Waals surface area contributed by atoms with Gasteiger partial charge in [0.2, 0.25) is 0 Å². The SMILES string of the molecule is CC(O)c1ccc2ncsc2c1F. The molecule has 1 aromatic carbocycles. The lowest BCUT2D eigenvalue weighted by atomic mass is 10.1. The van der Waals surface area contributed by atoms with Gasteiger partial charge in [-0.05, 0) is 13.0 Å². The Hall–Kier alpha value is -1.00. The fraction of sp³-hybridized carbons (Fsp3) is 0.222. The zero-order valence-electron chi connectivity index (χ0n) is 6.99. The molecule has 0 fully saturated rings. The van der Waals surface area contributed by atoms with Crippen molar-refractivity contribution in [3.63, 3.8) is 0 Å². The number of hydrogen-bond acceptors (Lipinski definition) is 3. The third-order valence-corrected chi connectivity index (χ3v) is 2.75. The quantitative estimate of drug-likeness (QED) is 0.761. The highest BCUT2D eigenvalue weighted by Gasteiger charge is 2.12. The van der Waals surface area contributed by atoms with E-state index in [-0.39, 0.29) is 5.82 Å². The highest BCUT2D eigenvalue weighted by Crippen LogP contribution is 2.27. The van der Waals surface area contributed by atoms with E-state index in [0.29, 0.717) is 15.8 Å². The lowest BCUT2D eigenvalue weighted by Gasteiger charge is -2.05. The Labute approximate surface area is 78.7 Å². The minimum absolute atomic E-state index is 0.330. The summed E-state index contributed by atoms with van der Waals surface area (Å²) in [6, 6.07) is 3.29. The maximum atomic E-state index is 13.6. The number of hydrogen-bond donors (Lipinski definition) is 1. The average molecular weight is 197 g/mol. The van der Waals surface area contributed by atoms with Crippen LogP contribution in [0.1, 0.15) is 18.6 Å². The minimum Gasteiger partial charge on any atom is -0.389 e. The number of fused-ring (bicyclic) bond motifs is 1. The summed E-state index contributed by atoms with van der Waals surface area (Å²) in [7, 11) is 0. The molecule has 1 unspecified atom stereocenters. The summed E-state index contributed by atoms with van der Waals surface area (Å²) in [4.78, 5) is 3.98. The van der Waals surface area contributed by atoms with Crippen molar-refractivity contribution >= 4 is 21.6 Å². The Morgan fingerprint density at radius 1 is 1.54 bits per heavy atom. The van der Waals surface area contributed by atoms with Gasteiger partial charge in [0.1, 0.15) is 5.82 Å². The Kier molecular flexibility index (Phi) is 2.01. The summed E-state index contributed by atoms with van der Waals surface area (Å²) in [6.07, 6.45) is -0.772. The molecule has 0 radical (unpaired) electrons. The lowest BCUT2D eigenvalue weighted by molar-refractivity contribution is 0.194. The van der Waals surface area contributed by atoms with Crippen LogP contribution in [0.5, 0.6) is 0 Å². The van der Waals surface area contributed by atoms with E-state index in [2.05, 4.69) is 4.98 Å². The van der Waals surface area contributed by atoms with Crippen LogP contribution < -0.4 is 0 Å². The molecule has 1 atom stereocenters. The van der Waals surface area contributed by atoms with E-state index in [0.717, 1.165) is 0 Å². The van der Waals surface area contributed by atoms with Gasteiger partial charge in [-0.15, -0.1) is 11.3 Å². The van der Waals surface area contributed by atoms with Crippen molar-refractivity contribution in [2.24, 2.45) is 0 Å². The molecule has 0 saturated carbocycles. The summed E-state index contributed by atoms with van der Waals surface area (Å²) in [5, 5.41) is 9.25. The molecular weight excluding hydrogens is 189 g/mol. The Balaban J connectivity index is 2.73. The first-order valence-electron chi connectivity index (χ1n) is 3.90. The summed E-state index contributed by atoms with van der Waals surface area (Å²) in [5.74, 6) is -0.352. The third kappa shape index (κ3) is 1.32. The minimum atomic E-state index is -0.772. The molecule has 0 aliphatic carbocycles. The maximum absolute atomic E-state index is 13.6. The van der Waals surface area contributed by atoms with Crippen LogP contribution in [-0.4, -0.2) is 10.1 Å². The predicted octanol–water partition coefficient (Wildman–Crippen LogP) is 2.49. The van der Waals surface area contributed by atoms with E-state index in [1.54, 1.807) is 24.6 Å². The molecule has 0 aliphatic rings. The van der Waals surface area contributed by atoms with Gasteiger partial charge >= 0.3 is 0 Å². The van der Waals surface area contributed by atoms with Gasteiger partial charge in [0, 0.05) is 5.56 Å². The van der Waals surface area contributed by atoms with Crippen molar-refractivity contribution in [3.05, 3.63) is 29.0 Å². The van der Waals surface area contributed by atoms with Crippen molar-refractivity contribution in [1.29, 1.82) is 0 Å². The predicted molar refractivity (Wildman–Crippen MR) is 50.2 cm³/mol. The first kappa shape index (κ1) is 8.59. The zero-order chi connectivity index (χ0) is 9.42. The molecule has 2 nitrogen and oxygen atoms in total. The third-order valence-electron chi connectivity index (χ3n) is 1.92. The van der Waals surface area contributed by atoms with Crippen LogP contribution in [0, 0.1) is 5.82 Å². The number of aromatic nitrogens is 1. The second-order valence-corrected chi connectivity index (χ2v) is 3.70. The summed E-state index contributed by atoms with van der Waals surface area (Å²) in [6.45, 7) is 1.55. The van der Waals surface area contributed by atoms with Gasteiger partial charge in [-0.1, -0.05) is 6.07 Å². The molecular formula is C9H8FNOS. The van der Waals surface area contributed by atoms with Crippen molar-refractivity contribution in [1.82, 2.24) is 4.98 Å². The van der Waals surface area contributed by atoms with Gasteiger partial charge in [0.15, 0.2) is 0 Å². The Bertz CT molecular complexity index is 438. The molecule has 1 heterocycles. The van der Waals surface area contributed by atoms with Gasteiger partial charge < -0.3 is 5.11 Å². The van der Waals surface area contributed by atoms with Gasteiger partial charge in [-0.25, -0.2) is 9.37 Å². The number of benzene rings is 1. The molecule has 0 spiro atoms. The second kappa shape index (κ2) is 3.05. The van der Waals surface area contributed by atoms with Crippen molar-refractivity contribution in [2.75, 3.05) is 0 Å². The number of aliphatic hydroxyl groups excluding tert-OH is 1. The van der Waals surface area contributed by atoms with Gasteiger partial charge in [0.25, 0.3) is 0 Å². The number of thiazole rings is 1. The van der Waals surface area contributed by atoms with Crippen molar-refractivity contribution in [3.8, 4) is 0 Å². The zero-order valence-corrected chi connectivity index (χ0v) is 7.81. The normalized spacial score (nSPS) is 13.5. The molecule has 0 bridgehead atoms. The van der Waals surface area contributed by atoms with E-state index in [1.165, 1.54) is 11.3 Å². The van der Waals surface area contributed by atoms with Crippen LogP contribution >= 0.6 is 11.3 Å². The van der Waals surface area contributed by atoms with Crippen molar-refractivity contribution < 1.29 is 9.50 Å². The number of halogens is 1. The molecule has 2 aromatic rings. The van der Waals surface area contributed by atoms with Crippen LogP contribution in [-0.2, 0) is 0 Å². The van der Waals surface area contributed by atoms with Crippen LogP contribution in [0.2, 0.25) is 0 Å². The highest BCUT2D eigenvalue weighted by molar-refractivity contribution is 7.16. The first-order chi connectivity index (χ1) is 6.20. The smallest absolute Gasteiger partial charge is 0.148 e. The standard InChI is InChI=1S/C9H8FNOS/c1-5(12)6-2-3-7-9(8(6)10)13-4-11-7/h2-5,12H,1H3. The highest BCUT2D eigenvalue weighted by atomic mass is 32.1. The largest absolute Gasteiger partial charge is 0.389 e. The van der Waals surface area contributed by atoms with Crippen molar-refractivity contribution in [2.45, 2.75) is 13.0 Å². The summed E-state index contributed by atoms with van der Waals surface area (Å²) < 4.78 is 14.1. The van der Waals surface area contributed by atoms with Crippen LogP contribution in [0.3, 0.4) is 0 Å². The monoisotopic (exact) mass is 197 g/mol. The maximum Gasteiger partial charge on any atom is 0.148 e. The van der Waals surface area contributed by atoms with E-state index in [9.17, 15) is 9.50 Å². The van der Waals surface area contributed by atoms with Crippen LogP contribution in [0.15, 0.2) is 17.6 Å². The first-order valence-corrected chi connectivity index (χ1v) is 4.78. The lowest BCUT2D eigenvalue weighted by Crippen LogP contribution is -1.95. The topological polar surface area (TPSA) is 33.1 Å². The molecule has 4 heteroatoms. The van der Waals surface area contributed by atoms with E-state index < -0.39 is 6.10 Å². The fourth-order valence-electron chi connectivity index (χ4n) is 1.23. The number of aliphatic hydroxyl groups is 1. The van der Waals surface area contributed by atoms with E-state index >= 15 is 0 Å². The summed E-state index contributed by atoms with van der Waals surface area (Å²) >= 11 is 1.25. The molecule has 0 saturated heterocycles. The number of nitrogens with zero attached hydrogens (tertiary/aromatic N) is 1.